The van der Waals surface area contributed by atoms with E-state index in [0.717, 1.165) is 23.4 Å². The van der Waals surface area contributed by atoms with Gasteiger partial charge < -0.3 is 5.32 Å². The highest BCUT2D eigenvalue weighted by Crippen LogP contribution is 2.46. The van der Waals surface area contributed by atoms with Crippen molar-refractivity contribution in [3.05, 3.63) is 54.1 Å². The van der Waals surface area contributed by atoms with Crippen molar-refractivity contribution >= 4 is 39.3 Å². The third-order valence-corrected chi connectivity index (χ3v) is 7.38. The third-order valence-electron chi connectivity index (χ3n) is 4.73. The van der Waals surface area contributed by atoms with E-state index in [9.17, 15) is 13.2 Å². The number of rotatable bonds is 6. The van der Waals surface area contributed by atoms with Gasteiger partial charge in [0.1, 0.15) is 0 Å². The van der Waals surface area contributed by atoms with Gasteiger partial charge in [-0.05, 0) is 49.4 Å². The first-order chi connectivity index (χ1) is 13.0. The normalized spacial score (nSPS) is 17.7. The highest BCUT2D eigenvalue weighted by Gasteiger charge is 2.47. The third kappa shape index (κ3) is 3.39. The number of hydrogen-bond acceptors (Lipinski definition) is 4. The highest BCUT2D eigenvalue weighted by atomic mass is 32.2. The van der Waals surface area contributed by atoms with E-state index in [-0.39, 0.29) is 25.0 Å². The van der Waals surface area contributed by atoms with Gasteiger partial charge in [-0.1, -0.05) is 18.2 Å². The molecule has 0 atom stereocenters. The van der Waals surface area contributed by atoms with Gasteiger partial charge in [0.25, 0.3) is 5.91 Å². The molecule has 0 spiro atoms. The summed E-state index contributed by atoms with van der Waals surface area (Å²) in [6.07, 6.45) is 3.74. The number of amides is 1. The molecule has 1 aliphatic carbocycles. The summed E-state index contributed by atoms with van der Waals surface area (Å²) in [7, 11) is -3.58. The minimum atomic E-state index is -3.58. The fourth-order valence-electron chi connectivity index (χ4n) is 3.28. The molecule has 0 bridgehead atoms. The molecular weight excluding hydrogens is 382 g/mol. The van der Waals surface area contributed by atoms with E-state index >= 15 is 0 Å². The molecule has 0 aromatic heterocycles. The number of benzene rings is 2. The Labute approximate surface area is 163 Å². The van der Waals surface area contributed by atoms with Crippen LogP contribution in [0.3, 0.4) is 0 Å². The van der Waals surface area contributed by atoms with Crippen LogP contribution in [0.1, 0.15) is 23.2 Å². The maximum atomic E-state index is 13.0. The zero-order valence-electron chi connectivity index (χ0n) is 15.0. The lowest BCUT2D eigenvalue weighted by atomic mass is 10.2. The van der Waals surface area contributed by atoms with Crippen molar-refractivity contribution in [2.24, 2.45) is 0 Å². The number of carbonyl (C=O) groups is 1. The Bertz CT molecular complexity index is 974. The zero-order valence-corrected chi connectivity index (χ0v) is 16.6. The van der Waals surface area contributed by atoms with Gasteiger partial charge in [-0.15, -0.1) is 11.8 Å². The molecule has 1 heterocycles. The summed E-state index contributed by atoms with van der Waals surface area (Å²) in [6, 6.07) is 14.8. The number of thioether (sulfide) groups is 1. The number of nitrogens with one attached hydrogen (secondary N) is 1. The number of para-hydroxylation sites is 2. The summed E-state index contributed by atoms with van der Waals surface area (Å²) in [5.74, 6) is -0.199. The van der Waals surface area contributed by atoms with E-state index in [2.05, 4.69) is 5.32 Å². The number of fused-ring (bicyclic) bond motifs is 1. The molecule has 0 saturated heterocycles. The average molecular weight is 404 g/mol. The standard InChI is InChI=1S/C19H21N3O3S2/c1-26-16-6-4-5-14(13-16)19(23)20-11-12-21-17-7-2-3-8-18(17)22(15-9-10-15)27(21,24)25/h2-8,13,15H,9-12H2,1H3,(H,20,23). The van der Waals surface area contributed by atoms with E-state index in [4.69, 9.17) is 0 Å². The SMILES string of the molecule is CSc1cccc(C(=O)NCCN2c3ccccc3N(C3CC3)S2(=O)=O)c1. The Morgan fingerprint density at radius 3 is 2.59 bits per heavy atom. The van der Waals surface area contributed by atoms with Gasteiger partial charge in [0, 0.05) is 23.0 Å². The van der Waals surface area contributed by atoms with E-state index in [1.807, 2.05) is 48.7 Å². The van der Waals surface area contributed by atoms with Crippen LogP contribution in [0.2, 0.25) is 0 Å². The van der Waals surface area contributed by atoms with Crippen LogP contribution in [0.4, 0.5) is 11.4 Å². The van der Waals surface area contributed by atoms with Crippen molar-refractivity contribution in [2.75, 3.05) is 28.0 Å². The lowest BCUT2D eigenvalue weighted by Crippen LogP contribution is -2.42. The lowest BCUT2D eigenvalue weighted by molar-refractivity contribution is 0.0954. The average Bonchev–Trinajstić information content (AvgIpc) is 3.47. The van der Waals surface area contributed by atoms with Gasteiger partial charge in [-0.25, -0.2) is 8.61 Å². The largest absolute Gasteiger partial charge is 0.350 e. The summed E-state index contributed by atoms with van der Waals surface area (Å²) < 4.78 is 28.9. The second kappa shape index (κ2) is 7.09. The lowest BCUT2D eigenvalue weighted by Gasteiger charge is -2.21. The summed E-state index contributed by atoms with van der Waals surface area (Å²) in [6.45, 7) is 0.449. The predicted octanol–water partition coefficient (Wildman–Crippen LogP) is 2.87. The van der Waals surface area contributed by atoms with Gasteiger partial charge >= 0.3 is 10.2 Å². The van der Waals surface area contributed by atoms with Gasteiger partial charge in [-0.2, -0.15) is 8.42 Å². The molecule has 2 aromatic carbocycles. The smallest absolute Gasteiger partial charge is 0.326 e. The molecule has 6 nitrogen and oxygen atoms in total. The molecule has 1 aliphatic heterocycles. The maximum Gasteiger partial charge on any atom is 0.326 e. The first kappa shape index (κ1) is 18.2. The van der Waals surface area contributed by atoms with Crippen LogP contribution in [-0.2, 0) is 10.2 Å². The van der Waals surface area contributed by atoms with Crippen LogP contribution in [0.5, 0.6) is 0 Å². The molecule has 2 aromatic rings. The van der Waals surface area contributed by atoms with Crippen LogP contribution in [0, 0.1) is 0 Å². The number of anilines is 2. The fourth-order valence-corrected chi connectivity index (χ4v) is 5.67. The van der Waals surface area contributed by atoms with Crippen LogP contribution >= 0.6 is 11.8 Å². The van der Waals surface area contributed by atoms with Crippen molar-refractivity contribution in [1.82, 2.24) is 5.32 Å². The number of nitrogens with zero attached hydrogens (tertiary/aromatic N) is 2. The Hall–Kier alpha value is -2.19. The minimum Gasteiger partial charge on any atom is -0.350 e. The quantitative estimate of drug-likeness (QED) is 0.753. The summed E-state index contributed by atoms with van der Waals surface area (Å²) in [4.78, 5) is 13.4. The van der Waals surface area contributed by atoms with Crippen LogP contribution in [-0.4, -0.2) is 39.7 Å². The minimum absolute atomic E-state index is 0.0602. The van der Waals surface area contributed by atoms with Crippen molar-refractivity contribution < 1.29 is 13.2 Å². The second-order valence-corrected chi connectivity index (χ2v) is 9.19. The Kier molecular flexibility index (Phi) is 4.77. The molecule has 1 N–H and O–H groups in total. The second-order valence-electron chi connectivity index (χ2n) is 6.58. The van der Waals surface area contributed by atoms with E-state index < -0.39 is 10.2 Å². The van der Waals surface area contributed by atoms with Crippen molar-refractivity contribution in [3.8, 4) is 0 Å². The summed E-state index contributed by atoms with van der Waals surface area (Å²) >= 11 is 1.57. The van der Waals surface area contributed by atoms with Gasteiger partial charge in [0.15, 0.2) is 0 Å². The first-order valence-corrected chi connectivity index (χ1v) is 11.5. The Balaban J connectivity index is 1.47. The fraction of sp³-hybridized carbons (Fsp3) is 0.316. The van der Waals surface area contributed by atoms with E-state index in [1.165, 1.54) is 8.61 Å². The van der Waals surface area contributed by atoms with Crippen molar-refractivity contribution in [2.45, 2.75) is 23.8 Å². The molecule has 1 amide bonds. The number of carbonyl (C=O) groups excluding carboxylic acids is 1. The molecule has 2 aliphatic rings. The van der Waals surface area contributed by atoms with Crippen LogP contribution < -0.4 is 13.9 Å². The van der Waals surface area contributed by atoms with Crippen LogP contribution in [0.25, 0.3) is 0 Å². The highest BCUT2D eigenvalue weighted by molar-refractivity contribution is 7.98. The van der Waals surface area contributed by atoms with Gasteiger partial charge in [0.2, 0.25) is 0 Å². The molecule has 8 heteroatoms. The molecule has 1 saturated carbocycles. The Morgan fingerprint density at radius 2 is 1.89 bits per heavy atom. The summed E-state index contributed by atoms with van der Waals surface area (Å²) in [5.41, 5.74) is 1.99. The molecule has 142 valence electrons. The van der Waals surface area contributed by atoms with Crippen molar-refractivity contribution in [1.29, 1.82) is 0 Å². The van der Waals surface area contributed by atoms with Gasteiger partial charge in [-0.3, -0.25) is 4.79 Å². The first-order valence-electron chi connectivity index (χ1n) is 8.86. The monoisotopic (exact) mass is 403 g/mol. The van der Waals surface area contributed by atoms with Gasteiger partial charge in [0.05, 0.1) is 17.9 Å². The van der Waals surface area contributed by atoms with E-state index in [0.29, 0.717) is 11.3 Å². The molecule has 27 heavy (non-hydrogen) atoms. The Morgan fingerprint density at radius 1 is 1.15 bits per heavy atom. The zero-order chi connectivity index (χ0) is 19.0. The molecule has 0 unspecified atom stereocenters. The molecule has 1 fully saturated rings. The van der Waals surface area contributed by atoms with Crippen LogP contribution in [0.15, 0.2) is 53.4 Å². The molecular formula is C19H21N3O3S2. The maximum absolute atomic E-state index is 13.0. The molecule has 0 radical (unpaired) electrons. The molecule has 4 rings (SSSR count). The predicted molar refractivity (Wildman–Crippen MR) is 109 cm³/mol. The summed E-state index contributed by atoms with van der Waals surface area (Å²) in [5, 5.41) is 2.83. The topological polar surface area (TPSA) is 69.7 Å². The number of hydrogen-bond donors (Lipinski definition) is 1. The van der Waals surface area contributed by atoms with E-state index in [1.54, 1.807) is 17.8 Å². The van der Waals surface area contributed by atoms with Crippen molar-refractivity contribution in [3.63, 3.8) is 0 Å².